The van der Waals surface area contributed by atoms with Gasteiger partial charge in [-0.15, -0.1) is 5.10 Å². The lowest BCUT2D eigenvalue weighted by Crippen LogP contribution is -2.06. The fourth-order valence-corrected chi connectivity index (χ4v) is 2.04. The lowest BCUT2D eigenvalue weighted by Gasteiger charge is -2.07. The predicted octanol–water partition coefficient (Wildman–Crippen LogP) is 1.95. The maximum absolute atomic E-state index is 14.2. The van der Waals surface area contributed by atoms with E-state index in [0.717, 1.165) is 6.07 Å². The third kappa shape index (κ3) is 2.06. The van der Waals surface area contributed by atoms with Crippen LogP contribution in [0.4, 0.5) is 14.7 Å². The van der Waals surface area contributed by atoms with Gasteiger partial charge in [0.05, 0.1) is 0 Å². The van der Waals surface area contributed by atoms with Crippen LogP contribution in [0.15, 0.2) is 30.5 Å². The van der Waals surface area contributed by atoms with Gasteiger partial charge in [-0.3, -0.25) is 0 Å². The van der Waals surface area contributed by atoms with E-state index in [9.17, 15) is 13.6 Å². The molecule has 0 radical (unpaired) electrons. The first-order valence-electron chi connectivity index (χ1n) is 5.81. The van der Waals surface area contributed by atoms with Crippen molar-refractivity contribution >= 4 is 17.6 Å². The molecule has 0 aliphatic heterocycles. The number of nitrogen functional groups attached to an aromatic ring is 1. The van der Waals surface area contributed by atoms with Gasteiger partial charge in [-0.05, 0) is 29.8 Å². The van der Waals surface area contributed by atoms with E-state index in [1.165, 1.54) is 28.9 Å². The second kappa shape index (κ2) is 4.51. The predicted molar refractivity (Wildman–Crippen MR) is 69.7 cm³/mol. The van der Waals surface area contributed by atoms with Gasteiger partial charge in [-0.2, -0.15) is 4.98 Å². The van der Waals surface area contributed by atoms with Gasteiger partial charge in [0.2, 0.25) is 5.95 Å². The number of carboxylic acids is 1. The maximum atomic E-state index is 14.2. The van der Waals surface area contributed by atoms with E-state index >= 15 is 0 Å². The van der Waals surface area contributed by atoms with Crippen molar-refractivity contribution in [2.75, 3.05) is 5.73 Å². The van der Waals surface area contributed by atoms with Crippen LogP contribution in [0.3, 0.4) is 0 Å². The van der Waals surface area contributed by atoms with Gasteiger partial charge < -0.3 is 10.8 Å². The van der Waals surface area contributed by atoms with Gasteiger partial charge in [-0.1, -0.05) is 0 Å². The van der Waals surface area contributed by atoms with Crippen molar-refractivity contribution in [3.63, 3.8) is 0 Å². The Kier molecular flexibility index (Phi) is 2.79. The molecular formula is C13H8F2N4O2. The van der Waals surface area contributed by atoms with Crippen LogP contribution in [0.25, 0.3) is 16.8 Å². The number of fused-ring (bicyclic) bond motifs is 1. The molecule has 0 amide bonds. The van der Waals surface area contributed by atoms with Crippen molar-refractivity contribution in [2.45, 2.75) is 0 Å². The van der Waals surface area contributed by atoms with Crippen molar-refractivity contribution in [1.82, 2.24) is 14.6 Å². The Morgan fingerprint density at radius 1 is 1.29 bits per heavy atom. The molecule has 0 aliphatic rings. The SMILES string of the molecule is Nc1nc2cc(-c3ccc(F)c(C(=O)O)c3F)ccn2n1. The third-order valence-corrected chi connectivity index (χ3v) is 2.97. The Labute approximate surface area is 116 Å². The highest BCUT2D eigenvalue weighted by Crippen LogP contribution is 2.27. The molecule has 0 fully saturated rings. The summed E-state index contributed by atoms with van der Waals surface area (Å²) in [4.78, 5) is 14.8. The molecule has 0 saturated heterocycles. The number of benzene rings is 1. The summed E-state index contributed by atoms with van der Waals surface area (Å²) in [6.45, 7) is 0. The second-order valence-electron chi connectivity index (χ2n) is 4.28. The number of rotatable bonds is 2. The van der Waals surface area contributed by atoms with E-state index < -0.39 is 23.2 Å². The number of carbonyl (C=O) groups is 1. The number of hydrogen-bond acceptors (Lipinski definition) is 4. The quantitative estimate of drug-likeness (QED) is 0.752. The molecule has 0 saturated carbocycles. The number of halogens is 2. The van der Waals surface area contributed by atoms with Crippen molar-refractivity contribution in [1.29, 1.82) is 0 Å². The number of carboxylic acid groups (broad SMARTS) is 1. The molecule has 3 N–H and O–H groups in total. The maximum Gasteiger partial charge on any atom is 0.341 e. The first-order chi connectivity index (χ1) is 9.97. The molecule has 2 heterocycles. The number of nitrogens with zero attached hydrogens (tertiary/aromatic N) is 3. The van der Waals surface area contributed by atoms with Crippen molar-refractivity contribution in [2.24, 2.45) is 0 Å². The van der Waals surface area contributed by atoms with Crippen LogP contribution in [0.5, 0.6) is 0 Å². The molecule has 21 heavy (non-hydrogen) atoms. The largest absolute Gasteiger partial charge is 0.477 e. The highest BCUT2D eigenvalue weighted by molar-refractivity contribution is 5.90. The summed E-state index contributed by atoms with van der Waals surface area (Å²) >= 11 is 0. The molecule has 2 aromatic heterocycles. The second-order valence-corrected chi connectivity index (χ2v) is 4.28. The smallest absolute Gasteiger partial charge is 0.341 e. The standard InChI is InChI=1S/C13H8F2N4O2/c14-8-2-1-7(11(15)10(8)12(20)21)6-3-4-19-9(5-6)17-13(16)18-19/h1-5H,(H2,16,18)(H,20,21). The highest BCUT2D eigenvalue weighted by Gasteiger charge is 2.20. The average molecular weight is 290 g/mol. The van der Waals surface area contributed by atoms with E-state index in [1.807, 2.05) is 0 Å². The fraction of sp³-hybridized carbons (Fsp3) is 0. The average Bonchev–Trinajstić information content (AvgIpc) is 2.77. The zero-order chi connectivity index (χ0) is 15.1. The van der Waals surface area contributed by atoms with Crippen molar-refractivity contribution < 1.29 is 18.7 Å². The molecule has 3 rings (SSSR count). The Morgan fingerprint density at radius 3 is 2.76 bits per heavy atom. The molecular weight excluding hydrogens is 282 g/mol. The summed E-state index contributed by atoms with van der Waals surface area (Å²) in [6.07, 6.45) is 1.50. The number of hydrogen-bond donors (Lipinski definition) is 2. The van der Waals surface area contributed by atoms with Crippen LogP contribution >= 0.6 is 0 Å². The number of aromatic carboxylic acids is 1. The Morgan fingerprint density at radius 2 is 2.05 bits per heavy atom. The minimum absolute atomic E-state index is 0.0436. The zero-order valence-electron chi connectivity index (χ0n) is 10.4. The van der Waals surface area contributed by atoms with E-state index in [2.05, 4.69) is 10.1 Å². The first kappa shape index (κ1) is 13.0. The number of nitrogens with two attached hydrogens (primary N) is 1. The Balaban J connectivity index is 2.22. The van der Waals surface area contributed by atoms with Gasteiger partial charge in [0.1, 0.15) is 17.2 Å². The van der Waals surface area contributed by atoms with E-state index in [-0.39, 0.29) is 11.5 Å². The van der Waals surface area contributed by atoms with Gasteiger partial charge in [-0.25, -0.2) is 18.1 Å². The molecule has 3 aromatic rings. The highest BCUT2D eigenvalue weighted by atomic mass is 19.1. The third-order valence-electron chi connectivity index (χ3n) is 2.97. The van der Waals surface area contributed by atoms with Gasteiger partial charge in [0.15, 0.2) is 5.65 Å². The van der Waals surface area contributed by atoms with Crippen LogP contribution < -0.4 is 5.73 Å². The lowest BCUT2D eigenvalue weighted by molar-refractivity contribution is 0.0686. The normalized spacial score (nSPS) is 11.0. The van der Waals surface area contributed by atoms with Gasteiger partial charge in [0, 0.05) is 11.8 Å². The molecule has 0 atom stereocenters. The summed E-state index contributed by atoms with van der Waals surface area (Å²) in [5, 5.41) is 12.7. The molecule has 106 valence electrons. The van der Waals surface area contributed by atoms with Crippen LogP contribution in [0.2, 0.25) is 0 Å². The minimum atomic E-state index is -1.67. The van der Waals surface area contributed by atoms with Crippen molar-refractivity contribution in [3.05, 3.63) is 47.7 Å². The van der Waals surface area contributed by atoms with Crippen LogP contribution in [0.1, 0.15) is 10.4 Å². The van der Waals surface area contributed by atoms with Gasteiger partial charge >= 0.3 is 5.97 Å². The van der Waals surface area contributed by atoms with E-state index in [0.29, 0.717) is 11.2 Å². The Bertz CT molecular complexity index is 876. The molecule has 0 bridgehead atoms. The van der Waals surface area contributed by atoms with Crippen LogP contribution in [-0.4, -0.2) is 25.7 Å². The topological polar surface area (TPSA) is 93.5 Å². The monoisotopic (exact) mass is 290 g/mol. The zero-order valence-corrected chi connectivity index (χ0v) is 10.4. The fourth-order valence-electron chi connectivity index (χ4n) is 2.04. The molecule has 0 spiro atoms. The lowest BCUT2D eigenvalue weighted by atomic mass is 10.0. The molecule has 8 heteroatoms. The summed E-state index contributed by atoms with van der Waals surface area (Å²) in [5.74, 6) is -3.88. The van der Waals surface area contributed by atoms with Crippen molar-refractivity contribution in [3.8, 4) is 11.1 Å². The summed E-state index contributed by atoms with van der Waals surface area (Å²) in [5.41, 5.74) is 5.12. The van der Waals surface area contributed by atoms with Gasteiger partial charge in [0.25, 0.3) is 0 Å². The number of pyridine rings is 1. The van der Waals surface area contributed by atoms with Crippen LogP contribution in [-0.2, 0) is 0 Å². The summed E-state index contributed by atoms with van der Waals surface area (Å²) in [6, 6.07) is 5.06. The summed E-state index contributed by atoms with van der Waals surface area (Å²) in [7, 11) is 0. The molecule has 0 unspecified atom stereocenters. The minimum Gasteiger partial charge on any atom is -0.477 e. The molecule has 6 nitrogen and oxygen atoms in total. The van der Waals surface area contributed by atoms with E-state index in [1.54, 1.807) is 0 Å². The summed E-state index contributed by atoms with van der Waals surface area (Å²) < 4.78 is 29.0. The number of aromatic nitrogens is 3. The Hall–Kier alpha value is -3.03. The molecule has 1 aromatic carbocycles. The first-order valence-corrected chi connectivity index (χ1v) is 5.81. The molecule has 0 aliphatic carbocycles. The van der Waals surface area contributed by atoms with Crippen LogP contribution in [0, 0.1) is 11.6 Å². The van der Waals surface area contributed by atoms with E-state index in [4.69, 9.17) is 10.8 Å². The number of anilines is 1.